The molecular weight excluding hydrogens is 396 g/mol. The summed E-state index contributed by atoms with van der Waals surface area (Å²) in [6.45, 7) is 4.39. The van der Waals surface area contributed by atoms with E-state index >= 15 is 0 Å². The largest absolute Gasteiger partial charge is 0.489 e. The number of rotatable bonds is 9. The number of nitrogens with one attached hydrogen (secondary N) is 2. The van der Waals surface area contributed by atoms with Crippen LogP contribution in [0.1, 0.15) is 12.6 Å². The SMILES string of the molecule is COCCOc1ccccc1NC(C)C(=O)Nc1c(C)n(C)n(-c2ccccc2)c1=O. The standard InChI is InChI=1S/C23H28N4O4/c1-16(24-19-12-8-9-13-20(19)31-15-14-30-4)22(28)25-21-17(2)26(3)27(23(21)29)18-10-6-5-7-11-18/h5-13,16,24H,14-15H2,1-4H3,(H,25,28). The summed E-state index contributed by atoms with van der Waals surface area (Å²) in [7, 11) is 3.39. The molecule has 1 unspecified atom stereocenters. The number of amides is 1. The molecule has 2 aromatic carbocycles. The number of aromatic nitrogens is 2. The molecule has 0 aliphatic carbocycles. The van der Waals surface area contributed by atoms with Crippen molar-refractivity contribution in [1.82, 2.24) is 9.36 Å². The van der Waals surface area contributed by atoms with Crippen LogP contribution in [-0.4, -0.2) is 41.6 Å². The Labute approximate surface area is 181 Å². The molecule has 0 aliphatic heterocycles. The maximum absolute atomic E-state index is 13.0. The number of hydrogen-bond donors (Lipinski definition) is 2. The molecule has 1 atom stereocenters. The van der Waals surface area contributed by atoms with Crippen LogP contribution in [0.4, 0.5) is 11.4 Å². The highest BCUT2D eigenvalue weighted by Gasteiger charge is 2.21. The molecule has 31 heavy (non-hydrogen) atoms. The van der Waals surface area contributed by atoms with E-state index < -0.39 is 6.04 Å². The van der Waals surface area contributed by atoms with Crippen LogP contribution in [0.3, 0.4) is 0 Å². The first-order valence-electron chi connectivity index (χ1n) is 10.1. The number of anilines is 2. The molecule has 0 aliphatic rings. The van der Waals surface area contributed by atoms with Gasteiger partial charge in [0.1, 0.15) is 24.1 Å². The van der Waals surface area contributed by atoms with E-state index in [0.717, 1.165) is 5.69 Å². The molecule has 3 rings (SSSR count). The van der Waals surface area contributed by atoms with Gasteiger partial charge in [-0.25, -0.2) is 4.68 Å². The van der Waals surface area contributed by atoms with E-state index in [1.807, 2.05) is 54.6 Å². The minimum Gasteiger partial charge on any atom is -0.489 e. The summed E-state index contributed by atoms with van der Waals surface area (Å²) < 4.78 is 14.0. The highest BCUT2D eigenvalue weighted by Crippen LogP contribution is 2.24. The molecule has 0 saturated heterocycles. The Morgan fingerprint density at radius 2 is 1.74 bits per heavy atom. The van der Waals surface area contributed by atoms with E-state index in [2.05, 4.69) is 10.6 Å². The van der Waals surface area contributed by atoms with Crippen molar-refractivity contribution >= 4 is 17.3 Å². The number of para-hydroxylation sites is 3. The zero-order valence-corrected chi connectivity index (χ0v) is 18.2. The lowest BCUT2D eigenvalue weighted by Crippen LogP contribution is -2.34. The van der Waals surface area contributed by atoms with E-state index in [0.29, 0.717) is 30.3 Å². The molecule has 1 aromatic heterocycles. The minimum atomic E-state index is -0.601. The summed E-state index contributed by atoms with van der Waals surface area (Å²) in [5.41, 5.74) is 2.06. The molecule has 3 aromatic rings. The molecule has 0 bridgehead atoms. The van der Waals surface area contributed by atoms with Crippen molar-refractivity contribution in [2.24, 2.45) is 7.05 Å². The predicted molar refractivity (Wildman–Crippen MR) is 121 cm³/mol. The number of carbonyl (C=O) groups excluding carboxylic acids is 1. The van der Waals surface area contributed by atoms with Gasteiger partial charge in [-0.2, -0.15) is 0 Å². The van der Waals surface area contributed by atoms with Crippen molar-refractivity contribution < 1.29 is 14.3 Å². The van der Waals surface area contributed by atoms with E-state index in [4.69, 9.17) is 9.47 Å². The molecule has 8 heteroatoms. The maximum atomic E-state index is 13.0. The van der Waals surface area contributed by atoms with Crippen molar-refractivity contribution in [2.45, 2.75) is 19.9 Å². The highest BCUT2D eigenvalue weighted by molar-refractivity contribution is 5.96. The minimum absolute atomic E-state index is 0.259. The van der Waals surface area contributed by atoms with Gasteiger partial charge in [0.25, 0.3) is 5.56 Å². The van der Waals surface area contributed by atoms with E-state index in [1.165, 1.54) is 4.68 Å². The van der Waals surface area contributed by atoms with Crippen LogP contribution >= 0.6 is 0 Å². The summed E-state index contributed by atoms with van der Waals surface area (Å²) in [5, 5.41) is 5.94. The first kappa shape index (κ1) is 22.2. The molecule has 0 spiro atoms. The summed E-state index contributed by atoms with van der Waals surface area (Å²) in [5.74, 6) is 0.305. The van der Waals surface area contributed by atoms with Gasteiger partial charge in [-0.15, -0.1) is 0 Å². The highest BCUT2D eigenvalue weighted by atomic mass is 16.5. The van der Waals surface area contributed by atoms with Gasteiger partial charge in [-0.05, 0) is 38.1 Å². The molecular formula is C23H28N4O4. The van der Waals surface area contributed by atoms with Crippen LogP contribution in [0.25, 0.3) is 5.69 Å². The van der Waals surface area contributed by atoms with Gasteiger partial charge in [0.05, 0.1) is 23.7 Å². The van der Waals surface area contributed by atoms with Crippen LogP contribution in [0.15, 0.2) is 59.4 Å². The van der Waals surface area contributed by atoms with Gasteiger partial charge in [0.15, 0.2) is 0 Å². The molecule has 1 amide bonds. The van der Waals surface area contributed by atoms with Crippen molar-refractivity contribution in [1.29, 1.82) is 0 Å². The molecule has 0 fully saturated rings. The second-order valence-electron chi connectivity index (χ2n) is 7.13. The van der Waals surface area contributed by atoms with Crippen molar-refractivity contribution in [3.05, 3.63) is 70.6 Å². The number of hydrogen-bond acceptors (Lipinski definition) is 5. The Hall–Kier alpha value is -3.52. The van der Waals surface area contributed by atoms with Crippen LogP contribution in [0.2, 0.25) is 0 Å². The predicted octanol–water partition coefficient (Wildman–Crippen LogP) is 2.95. The Bertz CT molecular complexity index is 1090. The smallest absolute Gasteiger partial charge is 0.295 e. The second-order valence-corrected chi connectivity index (χ2v) is 7.13. The fraction of sp³-hybridized carbons (Fsp3) is 0.304. The zero-order chi connectivity index (χ0) is 22.4. The first-order valence-corrected chi connectivity index (χ1v) is 10.1. The summed E-state index contributed by atoms with van der Waals surface area (Å²) in [4.78, 5) is 25.9. The fourth-order valence-corrected chi connectivity index (χ4v) is 3.19. The van der Waals surface area contributed by atoms with E-state index in [-0.39, 0.29) is 17.2 Å². The third-order valence-electron chi connectivity index (χ3n) is 5.00. The lowest BCUT2D eigenvalue weighted by atomic mass is 10.2. The van der Waals surface area contributed by atoms with Gasteiger partial charge in [0.2, 0.25) is 5.91 Å². The number of ether oxygens (including phenoxy) is 2. The lowest BCUT2D eigenvalue weighted by molar-refractivity contribution is -0.116. The molecule has 8 nitrogen and oxygen atoms in total. The summed E-state index contributed by atoms with van der Waals surface area (Å²) in [6, 6.07) is 16.1. The first-order chi connectivity index (χ1) is 14.9. The normalized spacial score (nSPS) is 11.7. The zero-order valence-electron chi connectivity index (χ0n) is 18.2. The Morgan fingerprint density at radius 1 is 1.06 bits per heavy atom. The molecule has 164 valence electrons. The maximum Gasteiger partial charge on any atom is 0.295 e. The number of carbonyl (C=O) groups is 1. The third kappa shape index (κ3) is 4.97. The van der Waals surface area contributed by atoms with Crippen LogP contribution in [-0.2, 0) is 16.6 Å². The average Bonchev–Trinajstić information content (AvgIpc) is 2.98. The fourth-order valence-electron chi connectivity index (χ4n) is 3.19. The Kier molecular flexibility index (Phi) is 7.15. The average molecular weight is 425 g/mol. The Balaban J connectivity index is 1.76. The number of benzene rings is 2. The second kappa shape index (κ2) is 9.99. The quantitative estimate of drug-likeness (QED) is 0.516. The monoisotopic (exact) mass is 424 g/mol. The van der Waals surface area contributed by atoms with Gasteiger partial charge < -0.3 is 20.1 Å². The van der Waals surface area contributed by atoms with Gasteiger partial charge in [-0.1, -0.05) is 30.3 Å². The number of methoxy groups -OCH3 is 1. The van der Waals surface area contributed by atoms with E-state index in [1.54, 1.807) is 32.7 Å². The van der Waals surface area contributed by atoms with Crippen LogP contribution in [0.5, 0.6) is 5.75 Å². The van der Waals surface area contributed by atoms with Gasteiger partial charge >= 0.3 is 0 Å². The van der Waals surface area contributed by atoms with Crippen molar-refractivity contribution in [3.63, 3.8) is 0 Å². The van der Waals surface area contributed by atoms with Gasteiger partial charge in [0, 0.05) is 14.2 Å². The van der Waals surface area contributed by atoms with E-state index in [9.17, 15) is 9.59 Å². The van der Waals surface area contributed by atoms with Crippen molar-refractivity contribution in [2.75, 3.05) is 31.0 Å². The third-order valence-corrected chi connectivity index (χ3v) is 5.00. The molecule has 2 N–H and O–H groups in total. The van der Waals surface area contributed by atoms with Gasteiger partial charge in [-0.3, -0.25) is 14.3 Å². The molecule has 1 heterocycles. The number of nitrogens with zero attached hydrogens (tertiary/aromatic N) is 2. The molecule has 0 radical (unpaired) electrons. The topological polar surface area (TPSA) is 86.5 Å². The van der Waals surface area contributed by atoms with Crippen LogP contribution in [0, 0.1) is 6.92 Å². The Morgan fingerprint density at radius 3 is 2.45 bits per heavy atom. The molecule has 0 saturated carbocycles. The summed E-state index contributed by atoms with van der Waals surface area (Å²) >= 11 is 0. The summed E-state index contributed by atoms with van der Waals surface area (Å²) in [6.07, 6.45) is 0. The van der Waals surface area contributed by atoms with Crippen molar-refractivity contribution in [3.8, 4) is 11.4 Å². The lowest BCUT2D eigenvalue weighted by Gasteiger charge is -2.18. The van der Waals surface area contributed by atoms with Crippen LogP contribution < -0.4 is 20.9 Å².